The molecule has 0 fully saturated rings. The fraction of sp³-hybridized carbons (Fsp3) is 0.222. The second-order valence-electron chi connectivity index (χ2n) is 2.71. The predicted molar refractivity (Wildman–Crippen MR) is 59.7 cm³/mol. The molecule has 1 rings (SSSR count). The lowest BCUT2D eigenvalue weighted by atomic mass is 10.1. The zero-order valence-electron chi connectivity index (χ0n) is 7.94. The van der Waals surface area contributed by atoms with E-state index < -0.39 is 11.3 Å². The van der Waals surface area contributed by atoms with Gasteiger partial charge in [0.1, 0.15) is 6.04 Å². The van der Waals surface area contributed by atoms with Crippen molar-refractivity contribution >= 4 is 29.3 Å². The molecule has 1 aromatic carbocycles. The van der Waals surface area contributed by atoms with Crippen LogP contribution in [0.1, 0.15) is 11.6 Å². The lowest BCUT2D eigenvalue weighted by molar-refractivity contribution is -0.112. The van der Waals surface area contributed by atoms with Crippen LogP contribution in [-0.4, -0.2) is 17.5 Å². The number of phenols is 1. The maximum atomic E-state index is 10.8. The minimum Gasteiger partial charge on any atom is -0.504 e. The Labute approximate surface area is 98.4 Å². The van der Waals surface area contributed by atoms with Crippen molar-refractivity contribution in [2.75, 3.05) is 7.11 Å². The van der Waals surface area contributed by atoms with E-state index in [9.17, 15) is 9.90 Å². The van der Waals surface area contributed by atoms with Gasteiger partial charge in [-0.05, 0) is 29.3 Å². The highest BCUT2D eigenvalue weighted by molar-refractivity contribution is 6.64. The Balaban J connectivity index is 0.00000196. The van der Waals surface area contributed by atoms with E-state index in [-0.39, 0.29) is 23.9 Å². The van der Waals surface area contributed by atoms with Gasteiger partial charge in [0.25, 0.3) is 0 Å². The van der Waals surface area contributed by atoms with Gasteiger partial charge < -0.3 is 15.6 Å². The minimum atomic E-state index is -0.897. The Kier molecular flexibility index (Phi) is 5.43. The van der Waals surface area contributed by atoms with E-state index in [1.807, 2.05) is 0 Å². The van der Waals surface area contributed by atoms with Crippen molar-refractivity contribution in [1.82, 2.24) is 0 Å². The third-order valence-corrected chi connectivity index (χ3v) is 2.04. The molecule has 0 amide bonds. The number of rotatable bonds is 3. The molecule has 1 atom stereocenters. The first-order valence-electron chi connectivity index (χ1n) is 3.88. The molecule has 0 aliphatic carbocycles. The Hall–Kier alpha value is -0.970. The number of carbonyl (C=O) groups excluding carboxylic acids is 1. The van der Waals surface area contributed by atoms with Crippen LogP contribution in [0, 0.1) is 0 Å². The number of phenolic OH excluding ortho intramolecular Hbond substituents is 1. The predicted octanol–water partition coefficient (Wildman–Crippen LogP) is 1.59. The quantitative estimate of drug-likeness (QED) is 0.801. The molecule has 15 heavy (non-hydrogen) atoms. The standard InChI is InChI=1S/C9H10ClNO3.ClH/c1-14-7-4-5(2-3-6(7)12)8(11)9(10)13;/h2-4,8,12H,11H2,1H3;1H. The summed E-state index contributed by atoms with van der Waals surface area (Å²) < 4.78 is 4.86. The number of halogens is 2. The zero-order chi connectivity index (χ0) is 10.7. The number of ether oxygens (including phenoxy) is 1. The summed E-state index contributed by atoms with van der Waals surface area (Å²) in [6, 6.07) is 3.49. The SMILES string of the molecule is COc1cc(C(N)C(=O)Cl)ccc1O.Cl. The van der Waals surface area contributed by atoms with Crippen LogP contribution in [0.15, 0.2) is 18.2 Å². The fourth-order valence-corrected chi connectivity index (χ4v) is 1.14. The Morgan fingerprint density at radius 1 is 1.60 bits per heavy atom. The van der Waals surface area contributed by atoms with E-state index >= 15 is 0 Å². The summed E-state index contributed by atoms with van der Waals surface area (Å²) in [5.41, 5.74) is 5.99. The average Bonchev–Trinajstić information content (AvgIpc) is 2.17. The van der Waals surface area contributed by atoms with Crippen LogP contribution in [0.25, 0.3) is 0 Å². The van der Waals surface area contributed by atoms with Crippen LogP contribution in [0.2, 0.25) is 0 Å². The molecule has 6 heteroatoms. The molecular weight excluding hydrogens is 241 g/mol. The second kappa shape index (κ2) is 5.80. The van der Waals surface area contributed by atoms with Gasteiger partial charge in [-0.2, -0.15) is 0 Å². The smallest absolute Gasteiger partial charge is 0.242 e. The molecule has 0 spiro atoms. The van der Waals surface area contributed by atoms with Crippen molar-refractivity contribution in [2.45, 2.75) is 6.04 Å². The molecule has 1 aromatic rings. The van der Waals surface area contributed by atoms with Crippen molar-refractivity contribution in [1.29, 1.82) is 0 Å². The third-order valence-electron chi connectivity index (χ3n) is 1.81. The highest BCUT2D eigenvalue weighted by Crippen LogP contribution is 2.28. The maximum absolute atomic E-state index is 10.8. The summed E-state index contributed by atoms with van der Waals surface area (Å²) in [5, 5.41) is 8.62. The van der Waals surface area contributed by atoms with Crippen molar-refractivity contribution < 1.29 is 14.6 Å². The van der Waals surface area contributed by atoms with Gasteiger partial charge in [-0.1, -0.05) is 6.07 Å². The molecule has 84 valence electrons. The summed E-state index contributed by atoms with van der Waals surface area (Å²) in [6.07, 6.45) is 0. The largest absolute Gasteiger partial charge is 0.504 e. The first-order valence-corrected chi connectivity index (χ1v) is 4.26. The van der Waals surface area contributed by atoms with E-state index in [1.54, 1.807) is 0 Å². The van der Waals surface area contributed by atoms with Gasteiger partial charge in [-0.3, -0.25) is 4.79 Å². The van der Waals surface area contributed by atoms with Gasteiger partial charge in [0.15, 0.2) is 11.5 Å². The van der Waals surface area contributed by atoms with E-state index in [2.05, 4.69) is 0 Å². The Bertz CT molecular complexity index is 357. The number of nitrogens with two attached hydrogens (primary N) is 1. The summed E-state index contributed by atoms with van der Waals surface area (Å²) in [4.78, 5) is 10.8. The van der Waals surface area contributed by atoms with Crippen LogP contribution in [0.3, 0.4) is 0 Å². The summed E-state index contributed by atoms with van der Waals surface area (Å²) in [6.45, 7) is 0. The number of hydrogen-bond donors (Lipinski definition) is 2. The second-order valence-corrected chi connectivity index (χ2v) is 3.09. The first kappa shape index (κ1) is 14.0. The van der Waals surface area contributed by atoms with Gasteiger partial charge in [-0.15, -0.1) is 12.4 Å². The molecule has 0 aliphatic heterocycles. The van der Waals surface area contributed by atoms with E-state index in [1.165, 1.54) is 25.3 Å². The van der Waals surface area contributed by atoms with E-state index in [0.717, 1.165) is 0 Å². The molecule has 0 saturated carbocycles. The van der Waals surface area contributed by atoms with E-state index in [4.69, 9.17) is 22.1 Å². The number of aromatic hydroxyl groups is 1. The lowest BCUT2D eigenvalue weighted by Crippen LogP contribution is -2.16. The molecule has 0 bridgehead atoms. The molecule has 0 radical (unpaired) electrons. The average molecular weight is 252 g/mol. The number of benzene rings is 1. The minimum absolute atomic E-state index is 0. The highest BCUT2D eigenvalue weighted by Gasteiger charge is 2.14. The topological polar surface area (TPSA) is 72.5 Å². The lowest BCUT2D eigenvalue weighted by Gasteiger charge is -2.09. The van der Waals surface area contributed by atoms with Gasteiger partial charge >= 0.3 is 0 Å². The fourth-order valence-electron chi connectivity index (χ4n) is 1.02. The van der Waals surface area contributed by atoms with Crippen LogP contribution >= 0.6 is 24.0 Å². The van der Waals surface area contributed by atoms with Crippen LogP contribution in [-0.2, 0) is 4.79 Å². The zero-order valence-corrected chi connectivity index (χ0v) is 9.51. The summed E-state index contributed by atoms with van der Waals surface area (Å²) >= 11 is 5.23. The molecule has 3 N–H and O–H groups in total. The van der Waals surface area contributed by atoms with Crippen LogP contribution in [0.5, 0.6) is 11.5 Å². The molecule has 4 nitrogen and oxygen atoms in total. The van der Waals surface area contributed by atoms with Gasteiger partial charge in [0, 0.05) is 0 Å². The van der Waals surface area contributed by atoms with Gasteiger partial charge in [0.2, 0.25) is 5.24 Å². The van der Waals surface area contributed by atoms with Crippen LogP contribution < -0.4 is 10.5 Å². The van der Waals surface area contributed by atoms with Gasteiger partial charge in [0.05, 0.1) is 7.11 Å². The van der Waals surface area contributed by atoms with E-state index in [0.29, 0.717) is 5.56 Å². The molecule has 0 saturated heterocycles. The monoisotopic (exact) mass is 251 g/mol. The Morgan fingerprint density at radius 3 is 2.67 bits per heavy atom. The number of methoxy groups -OCH3 is 1. The van der Waals surface area contributed by atoms with Crippen LogP contribution in [0.4, 0.5) is 0 Å². The van der Waals surface area contributed by atoms with Gasteiger partial charge in [-0.25, -0.2) is 0 Å². The van der Waals surface area contributed by atoms with Crippen molar-refractivity contribution in [3.8, 4) is 11.5 Å². The molecule has 0 aliphatic rings. The van der Waals surface area contributed by atoms with Crippen molar-refractivity contribution in [3.05, 3.63) is 23.8 Å². The number of carbonyl (C=O) groups is 1. The van der Waals surface area contributed by atoms with Crippen molar-refractivity contribution in [2.24, 2.45) is 5.73 Å². The summed E-state index contributed by atoms with van der Waals surface area (Å²) in [5.74, 6) is 0.251. The van der Waals surface area contributed by atoms with Crippen molar-refractivity contribution in [3.63, 3.8) is 0 Å². The first-order chi connectivity index (χ1) is 6.56. The maximum Gasteiger partial charge on any atom is 0.242 e. The molecule has 0 heterocycles. The third kappa shape index (κ3) is 3.27. The molecular formula is C9H11Cl2NO3. The summed E-state index contributed by atoms with van der Waals surface area (Å²) in [7, 11) is 1.41. The normalized spacial score (nSPS) is 11.4. The molecule has 0 aromatic heterocycles. The highest BCUT2D eigenvalue weighted by atomic mass is 35.5. The Morgan fingerprint density at radius 2 is 2.20 bits per heavy atom. The molecule has 1 unspecified atom stereocenters. The number of hydrogen-bond acceptors (Lipinski definition) is 4.